The molecule has 0 saturated carbocycles. The zero-order valence-corrected chi connectivity index (χ0v) is 12.7. The molecule has 0 aliphatic carbocycles. The van der Waals surface area contributed by atoms with Crippen LogP contribution >= 0.6 is 0 Å². The summed E-state index contributed by atoms with van der Waals surface area (Å²) in [7, 11) is -2.06. The molecular formula is C11H22N2O6S. The minimum atomic E-state index is -3.53. The normalized spacial score (nSPS) is 12.2. The van der Waals surface area contributed by atoms with Crippen LogP contribution in [0.4, 0.5) is 0 Å². The number of hydrogen-bond acceptors (Lipinski definition) is 5. The van der Waals surface area contributed by atoms with E-state index in [1.54, 1.807) is 0 Å². The SMILES string of the molecule is COCCCS(=O)(=O)NCC(=O)NCC(C)(C)C(=O)O. The summed E-state index contributed by atoms with van der Waals surface area (Å²) in [4.78, 5) is 22.3. The van der Waals surface area contributed by atoms with Crippen LogP contribution in [-0.4, -0.2) is 58.0 Å². The lowest BCUT2D eigenvalue weighted by Crippen LogP contribution is -2.43. The van der Waals surface area contributed by atoms with Crippen molar-refractivity contribution in [3.05, 3.63) is 0 Å². The molecule has 0 radical (unpaired) electrons. The van der Waals surface area contributed by atoms with Crippen LogP contribution in [0.2, 0.25) is 0 Å². The number of aliphatic carboxylic acids is 1. The lowest BCUT2D eigenvalue weighted by atomic mass is 9.94. The van der Waals surface area contributed by atoms with Gasteiger partial charge in [0.05, 0.1) is 17.7 Å². The number of carbonyl (C=O) groups excluding carboxylic acids is 1. The quantitative estimate of drug-likeness (QED) is 0.453. The van der Waals surface area contributed by atoms with Crippen molar-refractivity contribution in [2.24, 2.45) is 5.41 Å². The predicted octanol–water partition coefficient (Wildman–Crippen LogP) is -0.831. The predicted molar refractivity (Wildman–Crippen MR) is 72.7 cm³/mol. The van der Waals surface area contributed by atoms with Crippen molar-refractivity contribution >= 4 is 21.9 Å². The summed E-state index contributed by atoms with van der Waals surface area (Å²) in [5.41, 5.74) is -1.10. The van der Waals surface area contributed by atoms with Crippen LogP contribution < -0.4 is 10.0 Å². The molecule has 3 N–H and O–H groups in total. The summed E-state index contributed by atoms with van der Waals surface area (Å²) in [6.07, 6.45) is 0.333. The maximum absolute atomic E-state index is 11.5. The van der Waals surface area contributed by atoms with Gasteiger partial charge in [0, 0.05) is 20.3 Å². The van der Waals surface area contributed by atoms with Crippen molar-refractivity contribution in [1.29, 1.82) is 0 Å². The number of hydrogen-bond donors (Lipinski definition) is 3. The smallest absolute Gasteiger partial charge is 0.310 e. The number of carboxylic acid groups (broad SMARTS) is 1. The molecule has 0 rings (SSSR count). The number of nitrogens with one attached hydrogen (secondary N) is 2. The van der Waals surface area contributed by atoms with E-state index in [0.717, 1.165) is 0 Å². The molecule has 0 aromatic rings. The van der Waals surface area contributed by atoms with Crippen LogP contribution in [0.25, 0.3) is 0 Å². The van der Waals surface area contributed by atoms with E-state index in [4.69, 9.17) is 9.84 Å². The second-order valence-corrected chi connectivity index (χ2v) is 6.88. The van der Waals surface area contributed by atoms with Gasteiger partial charge in [-0.05, 0) is 20.3 Å². The molecule has 0 saturated heterocycles. The largest absolute Gasteiger partial charge is 0.481 e. The summed E-state index contributed by atoms with van der Waals surface area (Å²) in [5, 5.41) is 11.2. The first kappa shape index (κ1) is 18.8. The van der Waals surface area contributed by atoms with Gasteiger partial charge in [0.2, 0.25) is 15.9 Å². The number of ether oxygens (including phenoxy) is 1. The molecule has 0 aliphatic rings. The Balaban J connectivity index is 4.08. The maximum atomic E-state index is 11.5. The van der Waals surface area contributed by atoms with E-state index in [1.165, 1.54) is 21.0 Å². The lowest BCUT2D eigenvalue weighted by Gasteiger charge is -2.19. The fraction of sp³-hybridized carbons (Fsp3) is 0.818. The van der Waals surface area contributed by atoms with Gasteiger partial charge < -0.3 is 15.2 Å². The summed E-state index contributed by atoms with van der Waals surface area (Å²) in [5.74, 6) is -1.75. The summed E-state index contributed by atoms with van der Waals surface area (Å²) in [6, 6.07) is 0. The minimum absolute atomic E-state index is 0.0768. The third-order valence-electron chi connectivity index (χ3n) is 2.52. The number of rotatable bonds is 10. The number of methoxy groups -OCH3 is 1. The fourth-order valence-corrected chi connectivity index (χ4v) is 2.09. The van der Waals surface area contributed by atoms with E-state index >= 15 is 0 Å². The Labute approximate surface area is 118 Å². The number of amides is 1. The molecule has 0 aliphatic heterocycles. The molecule has 0 spiro atoms. The lowest BCUT2D eigenvalue weighted by molar-refractivity contribution is -0.146. The van der Waals surface area contributed by atoms with Crippen molar-refractivity contribution < 1.29 is 27.9 Å². The van der Waals surface area contributed by atoms with Crippen LogP contribution in [0.3, 0.4) is 0 Å². The monoisotopic (exact) mass is 310 g/mol. The van der Waals surface area contributed by atoms with Gasteiger partial charge in [0.15, 0.2) is 0 Å². The van der Waals surface area contributed by atoms with E-state index < -0.39 is 33.9 Å². The zero-order valence-electron chi connectivity index (χ0n) is 11.9. The van der Waals surface area contributed by atoms with Crippen LogP contribution in [0.5, 0.6) is 0 Å². The Bertz CT molecular complexity index is 432. The highest BCUT2D eigenvalue weighted by molar-refractivity contribution is 7.89. The van der Waals surface area contributed by atoms with Gasteiger partial charge in [-0.1, -0.05) is 0 Å². The maximum Gasteiger partial charge on any atom is 0.310 e. The average molecular weight is 310 g/mol. The van der Waals surface area contributed by atoms with E-state index in [2.05, 4.69) is 10.0 Å². The Morgan fingerprint density at radius 2 is 1.90 bits per heavy atom. The van der Waals surface area contributed by atoms with Crippen LogP contribution in [0, 0.1) is 5.41 Å². The fourth-order valence-electron chi connectivity index (χ4n) is 1.10. The van der Waals surface area contributed by atoms with Gasteiger partial charge in [-0.15, -0.1) is 0 Å². The topological polar surface area (TPSA) is 122 Å². The highest BCUT2D eigenvalue weighted by atomic mass is 32.2. The molecule has 0 unspecified atom stereocenters. The molecule has 118 valence electrons. The first-order valence-corrected chi connectivity index (χ1v) is 7.72. The molecule has 1 amide bonds. The molecule has 0 fully saturated rings. The molecule has 8 nitrogen and oxygen atoms in total. The molecule has 20 heavy (non-hydrogen) atoms. The second-order valence-electron chi connectivity index (χ2n) is 4.95. The van der Waals surface area contributed by atoms with E-state index in [1.807, 2.05) is 0 Å². The molecular weight excluding hydrogens is 288 g/mol. The third kappa shape index (κ3) is 8.08. The molecule has 0 atom stereocenters. The molecule has 0 bridgehead atoms. The highest BCUT2D eigenvalue weighted by Crippen LogP contribution is 2.12. The Kier molecular flexibility index (Phi) is 7.69. The number of carboxylic acids is 1. The van der Waals surface area contributed by atoms with Crippen LogP contribution in [0.1, 0.15) is 20.3 Å². The van der Waals surface area contributed by atoms with Crippen molar-refractivity contribution in [2.45, 2.75) is 20.3 Å². The summed E-state index contributed by atoms with van der Waals surface area (Å²) < 4.78 is 29.8. The van der Waals surface area contributed by atoms with Gasteiger partial charge in [0.25, 0.3) is 0 Å². The third-order valence-corrected chi connectivity index (χ3v) is 3.93. The van der Waals surface area contributed by atoms with Crippen LogP contribution in [-0.2, 0) is 24.3 Å². The average Bonchev–Trinajstić information content (AvgIpc) is 2.34. The van der Waals surface area contributed by atoms with Crippen molar-refractivity contribution in [3.63, 3.8) is 0 Å². The number of sulfonamides is 1. The number of carbonyl (C=O) groups is 2. The standard InChI is InChI=1S/C11H22N2O6S/c1-11(2,10(15)16)8-12-9(14)7-13-20(17,18)6-4-5-19-3/h13H,4-8H2,1-3H3,(H,12,14)(H,15,16). The van der Waals surface area contributed by atoms with Crippen molar-refractivity contribution in [3.8, 4) is 0 Å². The van der Waals surface area contributed by atoms with Gasteiger partial charge in [0.1, 0.15) is 0 Å². The highest BCUT2D eigenvalue weighted by Gasteiger charge is 2.27. The van der Waals surface area contributed by atoms with Gasteiger partial charge in [-0.3, -0.25) is 9.59 Å². The minimum Gasteiger partial charge on any atom is -0.481 e. The Morgan fingerprint density at radius 1 is 1.30 bits per heavy atom. The second kappa shape index (κ2) is 8.18. The summed E-state index contributed by atoms with van der Waals surface area (Å²) >= 11 is 0. The molecule has 0 aromatic carbocycles. The van der Waals surface area contributed by atoms with E-state index in [0.29, 0.717) is 13.0 Å². The Hall–Kier alpha value is -1.19. The van der Waals surface area contributed by atoms with Crippen molar-refractivity contribution in [1.82, 2.24) is 10.0 Å². The van der Waals surface area contributed by atoms with E-state index in [9.17, 15) is 18.0 Å². The Morgan fingerprint density at radius 3 is 2.40 bits per heavy atom. The van der Waals surface area contributed by atoms with Gasteiger partial charge >= 0.3 is 5.97 Å². The molecule has 0 aromatic heterocycles. The van der Waals surface area contributed by atoms with Gasteiger partial charge in [-0.25, -0.2) is 13.1 Å². The van der Waals surface area contributed by atoms with Crippen molar-refractivity contribution in [2.75, 3.05) is 32.6 Å². The van der Waals surface area contributed by atoms with Gasteiger partial charge in [-0.2, -0.15) is 0 Å². The zero-order chi connectivity index (χ0) is 15.8. The first-order chi connectivity index (χ1) is 9.10. The van der Waals surface area contributed by atoms with Crippen LogP contribution in [0.15, 0.2) is 0 Å². The molecule has 9 heteroatoms. The summed E-state index contributed by atoms with van der Waals surface area (Å²) in [6.45, 7) is 2.76. The first-order valence-electron chi connectivity index (χ1n) is 6.07. The van der Waals surface area contributed by atoms with E-state index in [-0.39, 0.29) is 12.3 Å². The molecule has 0 heterocycles.